The molecule has 0 aromatic rings. The summed E-state index contributed by atoms with van der Waals surface area (Å²) < 4.78 is 0. The number of nitrogens with zero attached hydrogens (tertiary/aromatic N) is 2. The number of nitrogens with one attached hydrogen (secondary N) is 1. The average molecular weight is 171 g/mol. The highest BCUT2D eigenvalue weighted by Gasteiger charge is 2.17. The lowest BCUT2D eigenvalue weighted by molar-refractivity contribution is -0.103. The molecule has 12 heavy (non-hydrogen) atoms. The van der Waals surface area contributed by atoms with Crippen LogP contribution in [0, 0.1) is 0 Å². The summed E-state index contributed by atoms with van der Waals surface area (Å²) in [6, 6.07) is 0. The maximum Gasteiger partial charge on any atom is 0.184 e. The van der Waals surface area contributed by atoms with Gasteiger partial charge in [0.05, 0.1) is 13.3 Å². The van der Waals surface area contributed by atoms with Crippen molar-refractivity contribution in [2.75, 3.05) is 19.8 Å². The molecule has 0 aromatic heterocycles. The maximum absolute atomic E-state index is 10.5. The first-order valence-corrected chi connectivity index (χ1v) is 3.94. The van der Waals surface area contributed by atoms with Crippen molar-refractivity contribution in [3.8, 4) is 0 Å². The van der Waals surface area contributed by atoms with Gasteiger partial charge in [-0.1, -0.05) is 0 Å². The summed E-state index contributed by atoms with van der Waals surface area (Å²) in [6.07, 6.45) is 0.389. The van der Waals surface area contributed by atoms with Gasteiger partial charge in [-0.25, -0.2) is 4.99 Å². The molecule has 1 aliphatic heterocycles. The van der Waals surface area contributed by atoms with E-state index in [4.69, 9.17) is 5.11 Å². The lowest BCUT2D eigenvalue weighted by atomic mass is 10.4. The van der Waals surface area contributed by atoms with Crippen molar-refractivity contribution in [2.24, 2.45) is 4.99 Å². The van der Waals surface area contributed by atoms with Crippen molar-refractivity contribution in [1.82, 2.24) is 10.2 Å². The molecular weight excluding hydrogens is 158 g/mol. The van der Waals surface area contributed by atoms with Gasteiger partial charge in [0.25, 0.3) is 0 Å². The van der Waals surface area contributed by atoms with Crippen LogP contribution in [0.25, 0.3) is 0 Å². The molecule has 1 unspecified atom stereocenters. The van der Waals surface area contributed by atoms with Gasteiger partial charge in [-0.15, -0.1) is 0 Å². The van der Waals surface area contributed by atoms with E-state index in [1.165, 1.54) is 0 Å². The first kappa shape index (κ1) is 9.15. The van der Waals surface area contributed by atoms with Crippen molar-refractivity contribution in [3.05, 3.63) is 0 Å². The molecule has 0 saturated heterocycles. The van der Waals surface area contributed by atoms with E-state index in [9.17, 15) is 4.79 Å². The van der Waals surface area contributed by atoms with E-state index in [1.54, 1.807) is 4.90 Å². The van der Waals surface area contributed by atoms with Crippen LogP contribution < -0.4 is 5.32 Å². The molecule has 5 nitrogen and oxygen atoms in total. The summed E-state index contributed by atoms with van der Waals surface area (Å²) in [4.78, 5) is 16.3. The fourth-order valence-electron chi connectivity index (χ4n) is 1.07. The summed E-state index contributed by atoms with van der Waals surface area (Å²) in [5.41, 5.74) is 0. The number of aldehydes is 1. The van der Waals surface area contributed by atoms with Crippen molar-refractivity contribution in [2.45, 2.75) is 13.1 Å². The van der Waals surface area contributed by atoms with Crippen LogP contribution in [-0.4, -0.2) is 48.1 Å². The van der Waals surface area contributed by atoms with Crippen molar-refractivity contribution in [1.29, 1.82) is 0 Å². The second kappa shape index (κ2) is 4.18. The molecule has 0 spiro atoms. The van der Waals surface area contributed by atoms with E-state index in [-0.39, 0.29) is 12.8 Å². The van der Waals surface area contributed by atoms with Gasteiger partial charge in [0.15, 0.2) is 12.1 Å². The molecule has 0 amide bonds. The second-order valence-electron chi connectivity index (χ2n) is 2.52. The van der Waals surface area contributed by atoms with Crippen molar-refractivity contribution in [3.63, 3.8) is 0 Å². The minimum Gasteiger partial charge on any atom is -0.393 e. The zero-order chi connectivity index (χ0) is 8.97. The number of aliphatic hydroxyl groups is 1. The Hall–Kier alpha value is -0.940. The number of aliphatic imine (C=N–C) groups is 1. The van der Waals surface area contributed by atoms with E-state index in [2.05, 4.69) is 10.3 Å². The van der Waals surface area contributed by atoms with Gasteiger partial charge in [-0.05, 0) is 6.92 Å². The van der Waals surface area contributed by atoms with Crippen LogP contribution in [0.5, 0.6) is 0 Å². The van der Waals surface area contributed by atoms with Crippen LogP contribution in [0.1, 0.15) is 6.92 Å². The summed E-state index contributed by atoms with van der Waals surface area (Å²) >= 11 is 0. The van der Waals surface area contributed by atoms with Gasteiger partial charge in [0, 0.05) is 6.54 Å². The number of hydrogen-bond donors (Lipinski definition) is 2. The monoisotopic (exact) mass is 171 g/mol. The third-order valence-electron chi connectivity index (χ3n) is 1.79. The van der Waals surface area contributed by atoms with Crippen molar-refractivity contribution >= 4 is 12.1 Å². The molecule has 0 bridgehead atoms. The topological polar surface area (TPSA) is 64.9 Å². The van der Waals surface area contributed by atoms with Crippen molar-refractivity contribution < 1.29 is 9.90 Å². The molecule has 0 aromatic carbocycles. The zero-order valence-electron chi connectivity index (χ0n) is 7.03. The number of aliphatic hydroxyl groups excluding tert-OH is 1. The largest absolute Gasteiger partial charge is 0.393 e. The van der Waals surface area contributed by atoms with Gasteiger partial charge < -0.3 is 10.0 Å². The van der Waals surface area contributed by atoms with Crippen LogP contribution in [0.4, 0.5) is 0 Å². The van der Waals surface area contributed by atoms with Gasteiger partial charge in [-0.3, -0.25) is 10.1 Å². The summed E-state index contributed by atoms with van der Waals surface area (Å²) in [6.45, 7) is 3.18. The number of carbonyl (C=O) groups excluding carboxylic acids is 1. The number of likely N-dealkylation sites (N-methyl/N-ethyl adjacent to an activating group) is 1. The number of hydrogen-bond acceptors (Lipinski definition) is 5. The summed E-state index contributed by atoms with van der Waals surface area (Å²) in [7, 11) is 0. The smallest absolute Gasteiger partial charge is 0.184 e. The molecule has 1 atom stereocenters. The van der Waals surface area contributed by atoms with E-state index < -0.39 is 0 Å². The molecule has 0 radical (unpaired) electrons. The molecule has 0 saturated carbocycles. The lowest BCUT2D eigenvalue weighted by Crippen LogP contribution is -2.49. The second-order valence-corrected chi connectivity index (χ2v) is 2.52. The molecule has 1 heterocycles. The molecule has 68 valence electrons. The van der Waals surface area contributed by atoms with E-state index in [1.807, 2.05) is 6.92 Å². The zero-order valence-corrected chi connectivity index (χ0v) is 7.03. The van der Waals surface area contributed by atoms with Crippen LogP contribution in [0.3, 0.4) is 0 Å². The molecule has 0 fully saturated rings. The Balaban J connectivity index is 2.69. The first-order valence-electron chi connectivity index (χ1n) is 3.94. The summed E-state index contributed by atoms with van der Waals surface area (Å²) in [5.74, 6) is 0.412. The number of rotatable bonds is 3. The van der Waals surface area contributed by atoms with E-state index in [0.717, 1.165) is 6.54 Å². The maximum atomic E-state index is 10.5. The molecule has 1 rings (SSSR count). The molecule has 5 heteroatoms. The van der Waals surface area contributed by atoms with Crippen LogP contribution in [0.2, 0.25) is 0 Å². The number of carbonyl (C=O) groups is 1. The highest BCUT2D eigenvalue weighted by atomic mass is 16.3. The third kappa shape index (κ3) is 1.80. The molecular formula is C7H13N3O2. The van der Waals surface area contributed by atoms with E-state index >= 15 is 0 Å². The van der Waals surface area contributed by atoms with Crippen LogP contribution in [-0.2, 0) is 4.79 Å². The Bertz CT molecular complexity index is 193. The van der Waals surface area contributed by atoms with E-state index in [0.29, 0.717) is 18.8 Å². The Labute approximate surface area is 71.1 Å². The van der Waals surface area contributed by atoms with Gasteiger partial charge in [0.2, 0.25) is 0 Å². The Morgan fingerprint density at radius 2 is 2.67 bits per heavy atom. The Morgan fingerprint density at radius 3 is 3.17 bits per heavy atom. The molecule has 2 N–H and O–H groups in total. The highest BCUT2D eigenvalue weighted by molar-refractivity contribution is 6.27. The predicted molar refractivity (Wildman–Crippen MR) is 44.8 cm³/mol. The number of amidine groups is 1. The van der Waals surface area contributed by atoms with Crippen LogP contribution in [0.15, 0.2) is 4.99 Å². The van der Waals surface area contributed by atoms with Gasteiger partial charge >= 0.3 is 0 Å². The summed E-state index contributed by atoms with van der Waals surface area (Å²) in [5, 5.41) is 11.7. The standard InChI is InChI=1S/C7H13N3O2/c1-2-10-5-8-6(3-11)9-7(10)4-12/h4,6,8,11H,2-3,5H2,1H3. The van der Waals surface area contributed by atoms with Gasteiger partial charge in [-0.2, -0.15) is 0 Å². The lowest BCUT2D eigenvalue weighted by Gasteiger charge is -2.29. The third-order valence-corrected chi connectivity index (χ3v) is 1.79. The molecule has 0 aliphatic carbocycles. The quantitative estimate of drug-likeness (QED) is 0.523. The minimum atomic E-state index is -0.326. The SMILES string of the molecule is CCN1CNC(CO)N=C1C=O. The fraction of sp³-hybridized carbons (Fsp3) is 0.714. The average Bonchev–Trinajstić information content (AvgIpc) is 2.16. The van der Waals surface area contributed by atoms with Gasteiger partial charge in [0.1, 0.15) is 6.17 Å². The highest BCUT2D eigenvalue weighted by Crippen LogP contribution is 1.98. The minimum absolute atomic E-state index is 0.0745. The normalized spacial score (nSPS) is 23.7. The Morgan fingerprint density at radius 1 is 1.92 bits per heavy atom. The van der Waals surface area contributed by atoms with Crippen LogP contribution >= 0.6 is 0 Å². The predicted octanol–water partition coefficient (Wildman–Crippen LogP) is -1.22. The fourth-order valence-corrected chi connectivity index (χ4v) is 1.07. The Kier molecular flexibility index (Phi) is 3.19. The molecule has 1 aliphatic rings. The first-order chi connectivity index (χ1) is 5.81.